The molecule has 0 bridgehead atoms. The molecule has 1 N–H and O–H groups in total. The van der Waals surface area contributed by atoms with E-state index in [4.69, 9.17) is 16.3 Å². The van der Waals surface area contributed by atoms with Crippen LogP contribution < -0.4 is 10.2 Å². The summed E-state index contributed by atoms with van der Waals surface area (Å²) in [5, 5.41) is 10.5. The number of carbonyl (C=O) groups excluding carboxylic acids is 2. The van der Waals surface area contributed by atoms with Crippen LogP contribution in [0.3, 0.4) is 0 Å². The van der Waals surface area contributed by atoms with Crippen molar-refractivity contribution in [3.05, 3.63) is 44.6 Å². The van der Waals surface area contributed by atoms with Gasteiger partial charge in [0.2, 0.25) is 0 Å². The second-order valence-electron chi connectivity index (χ2n) is 5.24. The van der Waals surface area contributed by atoms with E-state index in [0.29, 0.717) is 11.5 Å². The van der Waals surface area contributed by atoms with Crippen LogP contribution in [-0.4, -0.2) is 42.3 Å². The van der Waals surface area contributed by atoms with Gasteiger partial charge in [-0.1, -0.05) is 11.6 Å². The van der Waals surface area contributed by atoms with Crippen LogP contribution in [-0.2, 0) is 14.3 Å². The van der Waals surface area contributed by atoms with Crippen LogP contribution in [0, 0.1) is 10.5 Å². The molecule has 0 saturated heterocycles. The summed E-state index contributed by atoms with van der Waals surface area (Å²) in [6.07, 6.45) is 0. The Morgan fingerprint density at radius 3 is 2.68 bits per heavy atom. The molecule has 2 aromatic rings. The van der Waals surface area contributed by atoms with Crippen LogP contribution in [0.4, 0.5) is 11.5 Å². The number of benzene rings is 1. The molecule has 0 atom stereocenters. The van der Waals surface area contributed by atoms with Crippen molar-refractivity contribution >= 4 is 57.6 Å². The second-order valence-corrected chi connectivity index (χ2v) is 6.87. The number of nitrogens with one attached hydrogen (secondary N) is 1. The number of halogens is 2. The van der Waals surface area contributed by atoms with Crippen molar-refractivity contribution in [3.63, 3.8) is 0 Å². The minimum Gasteiger partial charge on any atom is -0.454 e. The highest BCUT2D eigenvalue weighted by molar-refractivity contribution is 14.1. The van der Waals surface area contributed by atoms with Gasteiger partial charge in [0.25, 0.3) is 5.91 Å². The van der Waals surface area contributed by atoms with Crippen molar-refractivity contribution in [3.8, 4) is 0 Å². The molecular weight excluding hydrogens is 459 g/mol. The van der Waals surface area contributed by atoms with E-state index in [1.165, 1.54) is 0 Å². The smallest absolute Gasteiger partial charge is 0.326 e. The Hall–Kier alpha value is -1.94. The lowest BCUT2D eigenvalue weighted by atomic mass is 10.2. The summed E-state index contributed by atoms with van der Waals surface area (Å²) >= 11 is 7.86. The first-order valence-corrected chi connectivity index (χ1v) is 8.73. The van der Waals surface area contributed by atoms with E-state index in [1.807, 2.05) is 25.1 Å². The Bertz CT molecular complexity index is 770. The molecule has 1 heterocycles. The zero-order chi connectivity index (χ0) is 18.4. The molecule has 0 radical (unpaired) electrons. The van der Waals surface area contributed by atoms with E-state index in [1.54, 1.807) is 24.1 Å². The van der Waals surface area contributed by atoms with E-state index in [0.717, 1.165) is 9.13 Å². The summed E-state index contributed by atoms with van der Waals surface area (Å²) in [6, 6.07) is 8.85. The molecule has 9 heteroatoms. The highest BCUT2D eigenvalue weighted by Crippen LogP contribution is 2.17. The first-order chi connectivity index (χ1) is 11.8. The lowest BCUT2D eigenvalue weighted by Gasteiger charge is -2.16. The third-order valence-corrected chi connectivity index (χ3v) is 4.07. The molecule has 1 aromatic heterocycles. The summed E-state index contributed by atoms with van der Waals surface area (Å²) in [7, 11) is 1.66. The molecule has 0 aliphatic carbocycles. The van der Waals surface area contributed by atoms with Gasteiger partial charge in [0.15, 0.2) is 17.6 Å². The molecule has 2 rings (SSSR count). The molecule has 0 fully saturated rings. The number of hydrogen-bond donors (Lipinski definition) is 1. The summed E-state index contributed by atoms with van der Waals surface area (Å²) in [6.45, 7) is 1.47. The number of aryl methyl sites for hydroxylation is 1. The first kappa shape index (κ1) is 19.4. The predicted octanol–water partition coefficient (Wildman–Crippen LogP) is 2.66. The van der Waals surface area contributed by atoms with Gasteiger partial charge in [-0.2, -0.15) is 0 Å². The molecule has 1 aromatic carbocycles. The van der Waals surface area contributed by atoms with E-state index in [9.17, 15) is 9.59 Å². The van der Waals surface area contributed by atoms with Gasteiger partial charge in [-0.05, 0) is 65.4 Å². The molecule has 132 valence electrons. The van der Waals surface area contributed by atoms with E-state index >= 15 is 0 Å². The number of anilines is 2. The maximum absolute atomic E-state index is 11.9. The minimum atomic E-state index is -0.547. The number of rotatable bonds is 6. The van der Waals surface area contributed by atoms with Crippen molar-refractivity contribution in [2.24, 2.45) is 0 Å². The van der Waals surface area contributed by atoms with E-state index in [-0.39, 0.29) is 18.3 Å². The van der Waals surface area contributed by atoms with Crippen LogP contribution in [0.1, 0.15) is 5.56 Å². The van der Waals surface area contributed by atoms with Gasteiger partial charge in [-0.3, -0.25) is 9.59 Å². The Balaban J connectivity index is 1.80. The molecule has 1 amide bonds. The number of nitrogens with zero attached hydrogens (tertiary/aromatic N) is 3. The maximum Gasteiger partial charge on any atom is 0.326 e. The number of carbonyl (C=O) groups is 2. The lowest BCUT2D eigenvalue weighted by molar-refractivity contribution is -0.145. The molecule has 0 aliphatic rings. The molecule has 0 unspecified atom stereocenters. The molecule has 0 spiro atoms. The van der Waals surface area contributed by atoms with E-state index in [2.05, 4.69) is 38.1 Å². The van der Waals surface area contributed by atoms with Crippen molar-refractivity contribution < 1.29 is 14.3 Å². The number of likely N-dealkylation sites (N-methyl/N-ethyl adjacent to an activating group) is 1. The Morgan fingerprint density at radius 2 is 2.04 bits per heavy atom. The fourth-order valence-electron chi connectivity index (χ4n) is 1.93. The third kappa shape index (κ3) is 6.13. The number of aromatic nitrogens is 2. The van der Waals surface area contributed by atoms with Crippen molar-refractivity contribution in [2.45, 2.75) is 6.92 Å². The quantitative estimate of drug-likeness (QED) is 0.512. The predicted molar refractivity (Wildman–Crippen MR) is 104 cm³/mol. The second kappa shape index (κ2) is 8.95. The van der Waals surface area contributed by atoms with Crippen LogP contribution in [0.15, 0.2) is 30.3 Å². The summed E-state index contributed by atoms with van der Waals surface area (Å²) in [4.78, 5) is 25.3. The highest BCUT2D eigenvalue weighted by Gasteiger charge is 2.13. The van der Waals surface area contributed by atoms with Crippen molar-refractivity contribution in [1.29, 1.82) is 0 Å². The van der Waals surface area contributed by atoms with Gasteiger partial charge in [0.05, 0.1) is 0 Å². The lowest BCUT2D eigenvalue weighted by Crippen LogP contribution is -2.30. The van der Waals surface area contributed by atoms with Gasteiger partial charge in [-0.25, -0.2) is 0 Å². The van der Waals surface area contributed by atoms with Crippen LogP contribution >= 0.6 is 34.2 Å². The van der Waals surface area contributed by atoms with Gasteiger partial charge in [0, 0.05) is 16.3 Å². The number of ether oxygens (including phenoxy) is 1. The van der Waals surface area contributed by atoms with Crippen LogP contribution in [0.2, 0.25) is 5.15 Å². The van der Waals surface area contributed by atoms with Crippen molar-refractivity contribution in [1.82, 2.24) is 10.2 Å². The van der Waals surface area contributed by atoms with Gasteiger partial charge in [-0.15, -0.1) is 10.2 Å². The van der Waals surface area contributed by atoms with Gasteiger partial charge in [0.1, 0.15) is 6.54 Å². The number of amides is 1. The molecule has 0 saturated carbocycles. The normalized spacial score (nSPS) is 10.2. The molecular formula is C16H16ClIN4O3. The molecule has 25 heavy (non-hydrogen) atoms. The summed E-state index contributed by atoms with van der Waals surface area (Å²) in [5.41, 5.74) is 1.63. The van der Waals surface area contributed by atoms with Gasteiger partial charge < -0.3 is 15.0 Å². The van der Waals surface area contributed by atoms with Crippen LogP contribution in [0.5, 0.6) is 0 Å². The molecule has 7 nitrogen and oxygen atoms in total. The Kier molecular flexibility index (Phi) is 6.94. The summed E-state index contributed by atoms with van der Waals surface area (Å²) in [5.74, 6) is -0.472. The Labute approximate surface area is 163 Å². The fraction of sp³-hybridized carbons (Fsp3) is 0.250. The minimum absolute atomic E-state index is 0.0633. The van der Waals surface area contributed by atoms with Gasteiger partial charge >= 0.3 is 5.97 Å². The highest BCUT2D eigenvalue weighted by atomic mass is 127. The standard InChI is InChI=1S/C16H16ClIN4O3/c1-10-7-11(18)3-4-12(10)19-15(23)9-25-16(24)8-22(2)14-6-5-13(17)20-21-14/h3-7H,8-9H2,1-2H3,(H,19,23). The van der Waals surface area contributed by atoms with E-state index < -0.39 is 11.9 Å². The average Bonchev–Trinajstić information content (AvgIpc) is 2.56. The zero-order valence-corrected chi connectivity index (χ0v) is 16.5. The third-order valence-electron chi connectivity index (χ3n) is 3.20. The average molecular weight is 475 g/mol. The first-order valence-electron chi connectivity index (χ1n) is 7.27. The fourth-order valence-corrected chi connectivity index (χ4v) is 2.68. The monoisotopic (exact) mass is 474 g/mol. The number of hydrogen-bond acceptors (Lipinski definition) is 6. The largest absolute Gasteiger partial charge is 0.454 e. The van der Waals surface area contributed by atoms with Crippen LogP contribution in [0.25, 0.3) is 0 Å². The molecule has 0 aliphatic heterocycles. The zero-order valence-electron chi connectivity index (χ0n) is 13.6. The topological polar surface area (TPSA) is 84.4 Å². The van der Waals surface area contributed by atoms with Crippen molar-refractivity contribution in [2.75, 3.05) is 30.4 Å². The number of esters is 1. The SMILES string of the molecule is Cc1cc(I)ccc1NC(=O)COC(=O)CN(C)c1ccc(Cl)nn1. The Morgan fingerprint density at radius 1 is 1.28 bits per heavy atom. The maximum atomic E-state index is 11.9. The summed E-state index contributed by atoms with van der Waals surface area (Å²) < 4.78 is 6.06.